The zero-order valence-corrected chi connectivity index (χ0v) is 17.4. The third-order valence-electron chi connectivity index (χ3n) is 4.79. The fourth-order valence-electron chi connectivity index (χ4n) is 3.70. The monoisotopic (exact) mass is 483 g/mol. The van der Waals surface area contributed by atoms with Gasteiger partial charge in [0.15, 0.2) is 0 Å². The summed E-state index contributed by atoms with van der Waals surface area (Å²) in [6, 6.07) is 25.2. The lowest BCUT2D eigenvalue weighted by molar-refractivity contribution is 1.20. The van der Waals surface area contributed by atoms with Gasteiger partial charge in [-0.1, -0.05) is 73.8 Å². The standard InChI is InChI=1S/C22H12Br2ClN/c23-13-8-10-20-16(12-13)14-4-1-2-7-19(14)26(20)21-11-9-17(24)15-5-3-6-18(25)22(15)21/h1-12H. The summed E-state index contributed by atoms with van der Waals surface area (Å²) in [6.07, 6.45) is 0. The molecule has 4 heteroatoms. The van der Waals surface area contributed by atoms with Crippen molar-refractivity contribution in [3.8, 4) is 5.69 Å². The normalized spacial score (nSPS) is 11.7. The molecule has 1 nitrogen and oxygen atoms in total. The number of rotatable bonds is 1. The highest BCUT2D eigenvalue weighted by Gasteiger charge is 2.16. The minimum atomic E-state index is 0.752. The van der Waals surface area contributed by atoms with Crippen LogP contribution in [0, 0.1) is 0 Å². The minimum Gasteiger partial charge on any atom is -0.309 e. The van der Waals surface area contributed by atoms with Crippen LogP contribution in [0.1, 0.15) is 0 Å². The van der Waals surface area contributed by atoms with Crippen molar-refractivity contribution < 1.29 is 0 Å². The second-order valence-corrected chi connectivity index (χ2v) is 8.42. The Balaban J connectivity index is 2.03. The number of halogens is 3. The largest absolute Gasteiger partial charge is 0.309 e. The predicted molar refractivity (Wildman–Crippen MR) is 119 cm³/mol. The van der Waals surface area contributed by atoms with Crippen molar-refractivity contribution in [2.75, 3.05) is 0 Å². The first-order chi connectivity index (χ1) is 12.6. The van der Waals surface area contributed by atoms with Gasteiger partial charge < -0.3 is 4.57 Å². The van der Waals surface area contributed by atoms with Crippen LogP contribution in [0.4, 0.5) is 0 Å². The van der Waals surface area contributed by atoms with Crippen LogP contribution < -0.4 is 0 Å². The van der Waals surface area contributed by atoms with E-state index in [4.69, 9.17) is 11.6 Å². The van der Waals surface area contributed by atoms with Crippen LogP contribution in [0.5, 0.6) is 0 Å². The van der Waals surface area contributed by atoms with Gasteiger partial charge in [0.1, 0.15) is 0 Å². The fraction of sp³-hybridized carbons (Fsp3) is 0. The maximum Gasteiger partial charge on any atom is 0.0556 e. The number of benzene rings is 4. The lowest BCUT2D eigenvalue weighted by Crippen LogP contribution is -1.96. The Labute approximate surface area is 172 Å². The first-order valence-corrected chi connectivity index (χ1v) is 10.2. The average molecular weight is 486 g/mol. The number of fused-ring (bicyclic) bond motifs is 4. The van der Waals surface area contributed by atoms with E-state index in [1.165, 1.54) is 16.3 Å². The van der Waals surface area contributed by atoms with Crippen molar-refractivity contribution in [1.29, 1.82) is 0 Å². The molecule has 0 unspecified atom stereocenters. The molecule has 0 amide bonds. The van der Waals surface area contributed by atoms with Crippen molar-refractivity contribution >= 4 is 76.0 Å². The smallest absolute Gasteiger partial charge is 0.0556 e. The SMILES string of the molecule is Clc1cccc2c(Br)ccc(-n3c4ccccc4c4cc(Br)ccc43)c12. The Bertz CT molecular complexity index is 1320. The molecule has 26 heavy (non-hydrogen) atoms. The van der Waals surface area contributed by atoms with E-state index in [-0.39, 0.29) is 0 Å². The van der Waals surface area contributed by atoms with Gasteiger partial charge in [-0.25, -0.2) is 0 Å². The van der Waals surface area contributed by atoms with Gasteiger partial charge in [0.2, 0.25) is 0 Å². The maximum atomic E-state index is 6.64. The summed E-state index contributed by atoms with van der Waals surface area (Å²) in [7, 11) is 0. The highest BCUT2D eigenvalue weighted by Crippen LogP contribution is 2.39. The molecule has 126 valence electrons. The number of para-hydroxylation sites is 1. The molecule has 4 aromatic carbocycles. The first-order valence-electron chi connectivity index (χ1n) is 8.21. The Morgan fingerprint density at radius 3 is 2.35 bits per heavy atom. The maximum absolute atomic E-state index is 6.64. The van der Waals surface area contributed by atoms with Crippen LogP contribution in [0.3, 0.4) is 0 Å². The summed E-state index contributed by atoms with van der Waals surface area (Å²) in [4.78, 5) is 0. The van der Waals surface area contributed by atoms with Crippen LogP contribution in [-0.4, -0.2) is 4.57 Å². The molecule has 1 heterocycles. The van der Waals surface area contributed by atoms with Crippen LogP contribution in [0.25, 0.3) is 38.3 Å². The zero-order valence-electron chi connectivity index (χ0n) is 13.5. The molecule has 0 saturated heterocycles. The molecule has 0 fully saturated rings. The van der Waals surface area contributed by atoms with Crippen LogP contribution in [0.15, 0.2) is 81.7 Å². The van der Waals surface area contributed by atoms with Gasteiger partial charge >= 0.3 is 0 Å². The topological polar surface area (TPSA) is 4.93 Å². The van der Waals surface area contributed by atoms with Gasteiger partial charge in [0, 0.05) is 25.1 Å². The average Bonchev–Trinajstić information content (AvgIpc) is 2.97. The highest BCUT2D eigenvalue weighted by atomic mass is 79.9. The van der Waals surface area contributed by atoms with Crippen molar-refractivity contribution in [3.05, 3.63) is 86.8 Å². The number of hydrogen-bond acceptors (Lipinski definition) is 0. The molecular weight excluding hydrogens is 474 g/mol. The lowest BCUT2D eigenvalue weighted by atomic mass is 10.1. The summed E-state index contributed by atoms with van der Waals surface area (Å²) in [6.45, 7) is 0. The van der Waals surface area contributed by atoms with E-state index in [0.717, 1.165) is 35.9 Å². The molecule has 0 N–H and O–H groups in total. The molecule has 0 saturated carbocycles. The quantitative estimate of drug-likeness (QED) is 0.226. The van der Waals surface area contributed by atoms with Crippen molar-refractivity contribution in [3.63, 3.8) is 0 Å². The molecule has 0 atom stereocenters. The predicted octanol–water partition coefficient (Wildman–Crippen LogP) is 8.12. The molecule has 0 bridgehead atoms. The lowest BCUT2D eigenvalue weighted by Gasteiger charge is -2.14. The van der Waals surface area contributed by atoms with Gasteiger partial charge in [0.25, 0.3) is 0 Å². The molecule has 0 aliphatic heterocycles. The van der Waals surface area contributed by atoms with E-state index in [1.54, 1.807) is 0 Å². The molecule has 0 aliphatic carbocycles. The highest BCUT2D eigenvalue weighted by molar-refractivity contribution is 9.11. The summed E-state index contributed by atoms with van der Waals surface area (Å²) in [5.41, 5.74) is 3.42. The zero-order chi connectivity index (χ0) is 17.8. The first kappa shape index (κ1) is 16.4. The number of nitrogens with zero attached hydrogens (tertiary/aromatic N) is 1. The molecule has 5 aromatic rings. The van der Waals surface area contributed by atoms with Gasteiger partial charge in [-0.15, -0.1) is 0 Å². The van der Waals surface area contributed by atoms with Crippen LogP contribution in [0.2, 0.25) is 5.02 Å². The second kappa shape index (κ2) is 6.12. The molecule has 0 radical (unpaired) electrons. The second-order valence-electron chi connectivity index (χ2n) is 6.24. The van der Waals surface area contributed by atoms with E-state index in [0.29, 0.717) is 0 Å². The Kier molecular flexibility index (Phi) is 3.85. The Morgan fingerprint density at radius 1 is 0.692 bits per heavy atom. The summed E-state index contributed by atoms with van der Waals surface area (Å²) >= 11 is 13.9. The van der Waals surface area contributed by atoms with Gasteiger partial charge in [-0.05, 0) is 47.9 Å². The summed E-state index contributed by atoms with van der Waals surface area (Å²) in [5, 5.41) is 5.36. The van der Waals surface area contributed by atoms with Crippen molar-refractivity contribution in [2.24, 2.45) is 0 Å². The minimum absolute atomic E-state index is 0.752. The van der Waals surface area contributed by atoms with E-state index in [9.17, 15) is 0 Å². The van der Waals surface area contributed by atoms with E-state index in [1.807, 2.05) is 12.1 Å². The van der Waals surface area contributed by atoms with Crippen LogP contribution >= 0.6 is 43.5 Å². The molecular formula is C22H12Br2ClN. The fourth-order valence-corrected chi connectivity index (χ4v) is 4.79. The number of aromatic nitrogens is 1. The molecule has 5 rings (SSSR count). The van der Waals surface area contributed by atoms with E-state index >= 15 is 0 Å². The number of hydrogen-bond donors (Lipinski definition) is 0. The third kappa shape index (κ3) is 2.34. The Hall–Kier alpha value is -1.81. The van der Waals surface area contributed by atoms with Gasteiger partial charge in [0.05, 0.1) is 21.7 Å². The van der Waals surface area contributed by atoms with Crippen molar-refractivity contribution in [2.45, 2.75) is 0 Å². The van der Waals surface area contributed by atoms with Gasteiger partial charge in [-0.3, -0.25) is 0 Å². The van der Waals surface area contributed by atoms with E-state index in [2.05, 4.69) is 97.1 Å². The molecule has 0 aliphatic rings. The van der Waals surface area contributed by atoms with E-state index < -0.39 is 0 Å². The summed E-state index contributed by atoms with van der Waals surface area (Å²) < 4.78 is 4.42. The molecule has 0 spiro atoms. The summed E-state index contributed by atoms with van der Waals surface area (Å²) in [5.74, 6) is 0. The third-order valence-corrected chi connectivity index (χ3v) is 6.29. The van der Waals surface area contributed by atoms with Crippen LogP contribution in [-0.2, 0) is 0 Å². The van der Waals surface area contributed by atoms with Crippen molar-refractivity contribution in [1.82, 2.24) is 4.57 Å². The molecule has 1 aromatic heterocycles. The van der Waals surface area contributed by atoms with Gasteiger partial charge in [-0.2, -0.15) is 0 Å². The Morgan fingerprint density at radius 2 is 1.46 bits per heavy atom.